The van der Waals surface area contributed by atoms with Crippen molar-refractivity contribution in [2.75, 3.05) is 11.9 Å². The predicted octanol–water partition coefficient (Wildman–Crippen LogP) is 3.38. The number of carbonyl (C=O) groups is 2. The second-order valence-electron chi connectivity index (χ2n) is 5.50. The number of anilines is 1. The van der Waals surface area contributed by atoms with Crippen LogP contribution in [0.15, 0.2) is 0 Å². The zero-order valence-electron chi connectivity index (χ0n) is 12.2. The molecule has 0 saturated carbocycles. The molecule has 2 heterocycles. The van der Waals surface area contributed by atoms with Crippen molar-refractivity contribution in [1.29, 1.82) is 0 Å². The number of hydrogen-bond donors (Lipinski definition) is 1. The summed E-state index contributed by atoms with van der Waals surface area (Å²) in [6, 6.07) is 0. The highest BCUT2D eigenvalue weighted by atomic mass is 35.6. The van der Waals surface area contributed by atoms with Gasteiger partial charge < -0.3 is 4.90 Å². The van der Waals surface area contributed by atoms with E-state index >= 15 is 0 Å². The van der Waals surface area contributed by atoms with Crippen molar-refractivity contribution in [3.63, 3.8) is 0 Å². The summed E-state index contributed by atoms with van der Waals surface area (Å²) in [7, 11) is 0. The Hall–Kier alpha value is -0.560. The average molecular weight is 385 g/mol. The van der Waals surface area contributed by atoms with E-state index in [0.29, 0.717) is 37.0 Å². The van der Waals surface area contributed by atoms with E-state index in [1.807, 2.05) is 18.7 Å². The molecule has 5 nitrogen and oxygen atoms in total. The van der Waals surface area contributed by atoms with Crippen molar-refractivity contribution < 1.29 is 9.59 Å². The molecule has 122 valence electrons. The summed E-state index contributed by atoms with van der Waals surface area (Å²) < 4.78 is -2.02. The van der Waals surface area contributed by atoms with Gasteiger partial charge in [-0.25, -0.2) is 4.98 Å². The smallest absolute Gasteiger partial charge is 0.278 e. The van der Waals surface area contributed by atoms with Crippen LogP contribution >= 0.6 is 46.1 Å². The molecule has 0 unspecified atom stereocenters. The predicted molar refractivity (Wildman–Crippen MR) is 89.6 cm³/mol. The standard InChI is InChI=1S/C13H16Cl3N3O2S/c1-7(2)5-10(20)19-4-3-8-9(6-19)22-12(17-8)18-11(21)13(14,15)16/h7H,3-6H2,1-2H3,(H,17,18,21). The van der Waals surface area contributed by atoms with E-state index in [4.69, 9.17) is 34.8 Å². The van der Waals surface area contributed by atoms with Gasteiger partial charge >= 0.3 is 0 Å². The fourth-order valence-corrected chi connectivity index (χ4v) is 3.27. The van der Waals surface area contributed by atoms with E-state index in [2.05, 4.69) is 10.3 Å². The van der Waals surface area contributed by atoms with Gasteiger partial charge in [0.2, 0.25) is 5.91 Å². The summed E-state index contributed by atoms with van der Waals surface area (Å²) in [6.45, 7) is 5.19. The third kappa shape index (κ3) is 4.47. The highest BCUT2D eigenvalue weighted by Gasteiger charge is 2.32. The van der Waals surface area contributed by atoms with Crippen molar-refractivity contribution >= 4 is 63.1 Å². The van der Waals surface area contributed by atoms with Crippen molar-refractivity contribution in [1.82, 2.24) is 9.88 Å². The molecule has 0 aliphatic carbocycles. The van der Waals surface area contributed by atoms with E-state index in [1.165, 1.54) is 11.3 Å². The lowest BCUT2D eigenvalue weighted by Crippen LogP contribution is -2.36. The summed E-state index contributed by atoms with van der Waals surface area (Å²) in [6.07, 6.45) is 1.20. The van der Waals surface area contributed by atoms with Crippen LogP contribution in [0.5, 0.6) is 0 Å². The average Bonchev–Trinajstić information content (AvgIpc) is 2.77. The first-order valence-corrected chi connectivity index (χ1v) is 8.76. The lowest BCUT2D eigenvalue weighted by Gasteiger charge is -2.26. The number of aromatic nitrogens is 1. The number of nitrogens with one attached hydrogen (secondary N) is 1. The Labute approximate surface area is 147 Å². The minimum Gasteiger partial charge on any atom is -0.337 e. The number of alkyl halides is 3. The number of rotatable bonds is 3. The molecule has 22 heavy (non-hydrogen) atoms. The van der Waals surface area contributed by atoms with Crippen LogP contribution in [-0.4, -0.2) is 32.0 Å². The van der Waals surface area contributed by atoms with E-state index < -0.39 is 9.70 Å². The van der Waals surface area contributed by atoms with Crippen LogP contribution in [0.2, 0.25) is 0 Å². The lowest BCUT2D eigenvalue weighted by atomic mass is 10.1. The van der Waals surface area contributed by atoms with Gasteiger partial charge in [0.25, 0.3) is 9.70 Å². The zero-order valence-corrected chi connectivity index (χ0v) is 15.2. The number of halogens is 3. The molecule has 1 aliphatic heterocycles. The molecule has 9 heteroatoms. The quantitative estimate of drug-likeness (QED) is 0.813. The Morgan fingerprint density at radius 2 is 2.09 bits per heavy atom. The van der Waals surface area contributed by atoms with Gasteiger partial charge in [0.1, 0.15) is 0 Å². The minimum atomic E-state index is -2.02. The van der Waals surface area contributed by atoms with Crippen LogP contribution in [0, 0.1) is 5.92 Å². The number of thiazole rings is 1. The van der Waals surface area contributed by atoms with Crippen molar-refractivity contribution in [2.24, 2.45) is 5.92 Å². The molecule has 0 bridgehead atoms. The molecule has 0 fully saturated rings. The van der Waals surface area contributed by atoms with Gasteiger partial charge in [-0.05, 0) is 5.92 Å². The SMILES string of the molecule is CC(C)CC(=O)N1CCc2nc(NC(=O)C(Cl)(Cl)Cl)sc2C1. The molecule has 0 radical (unpaired) electrons. The van der Waals surface area contributed by atoms with Crippen LogP contribution < -0.4 is 5.32 Å². The van der Waals surface area contributed by atoms with E-state index in [9.17, 15) is 9.59 Å². The van der Waals surface area contributed by atoms with E-state index in [-0.39, 0.29) is 5.91 Å². The Kier molecular flexibility index (Phi) is 5.59. The molecule has 1 aromatic heterocycles. The molecule has 1 aromatic rings. The Morgan fingerprint density at radius 3 is 2.68 bits per heavy atom. The topological polar surface area (TPSA) is 62.3 Å². The second kappa shape index (κ2) is 6.91. The van der Waals surface area contributed by atoms with Gasteiger partial charge in [-0.3, -0.25) is 14.9 Å². The monoisotopic (exact) mass is 383 g/mol. The summed E-state index contributed by atoms with van der Waals surface area (Å²) in [5.41, 5.74) is 0.887. The minimum absolute atomic E-state index is 0.140. The zero-order chi connectivity index (χ0) is 16.5. The normalized spacial score (nSPS) is 14.9. The molecule has 2 amide bonds. The van der Waals surface area contributed by atoms with Crippen LogP contribution in [0.1, 0.15) is 30.8 Å². The van der Waals surface area contributed by atoms with Gasteiger partial charge in [-0.15, -0.1) is 0 Å². The summed E-state index contributed by atoms with van der Waals surface area (Å²) in [4.78, 5) is 30.9. The van der Waals surface area contributed by atoms with Crippen molar-refractivity contribution in [2.45, 2.75) is 37.0 Å². The summed E-state index contributed by atoms with van der Waals surface area (Å²) in [5.74, 6) is -0.272. The first kappa shape index (κ1) is 17.8. The maximum absolute atomic E-state index is 12.1. The summed E-state index contributed by atoms with van der Waals surface area (Å²) in [5, 5.41) is 2.87. The maximum Gasteiger partial charge on any atom is 0.278 e. The van der Waals surface area contributed by atoms with Crippen LogP contribution in [0.4, 0.5) is 5.13 Å². The molecule has 1 aliphatic rings. The molecule has 1 N–H and O–H groups in total. The fraction of sp³-hybridized carbons (Fsp3) is 0.615. The number of carbonyl (C=O) groups excluding carboxylic acids is 2. The Balaban J connectivity index is 2.04. The molecule has 0 spiro atoms. The first-order valence-electron chi connectivity index (χ1n) is 6.81. The van der Waals surface area contributed by atoms with Crippen LogP contribution in [-0.2, 0) is 22.6 Å². The van der Waals surface area contributed by atoms with Gasteiger partial charge in [-0.1, -0.05) is 60.0 Å². The number of hydrogen-bond acceptors (Lipinski definition) is 4. The van der Waals surface area contributed by atoms with Gasteiger partial charge in [0.15, 0.2) is 5.13 Å². The highest BCUT2D eigenvalue weighted by Crippen LogP contribution is 2.32. The highest BCUT2D eigenvalue weighted by molar-refractivity contribution is 7.16. The molecule has 0 aromatic carbocycles. The van der Waals surface area contributed by atoms with Crippen LogP contribution in [0.25, 0.3) is 0 Å². The van der Waals surface area contributed by atoms with E-state index in [0.717, 1.165) is 10.6 Å². The number of amides is 2. The largest absolute Gasteiger partial charge is 0.337 e. The van der Waals surface area contributed by atoms with Gasteiger partial charge in [-0.2, -0.15) is 0 Å². The number of fused-ring (bicyclic) bond motifs is 1. The van der Waals surface area contributed by atoms with Gasteiger partial charge in [0.05, 0.1) is 12.2 Å². The Morgan fingerprint density at radius 1 is 1.41 bits per heavy atom. The molecule has 2 rings (SSSR count). The summed E-state index contributed by atoms with van der Waals surface area (Å²) >= 11 is 17.9. The molecular weight excluding hydrogens is 369 g/mol. The van der Waals surface area contributed by atoms with Crippen molar-refractivity contribution in [3.05, 3.63) is 10.6 Å². The number of nitrogens with zero attached hydrogens (tertiary/aromatic N) is 2. The van der Waals surface area contributed by atoms with Gasteiger partial charge in [0, 0.05) is 24.3 Å². The first-order chi connectivity index (χ1) is 10.2. The third-order valence-electron chi connectivity index (χ3n) is 3.14. The van der Waals surface area contributed by atoms with E-state index in [1.54, 1.807) is 0 Å². The van der Waals surface area contributed by atoms with Crippen molar-refractivity contribution in [3.8, 4) is 0 Å². The Bertz CT molecular complexity index is 584. The third-order valence-corrected chi connectivity index (χ3v) is 4.66. The molecular formula is C13H16Cl3N3O2S. The maximum atomic E-state index is 12.1. The fourth-order valence-electron chi connectivity index (χ4n) is 2.11. The molecule has 0 saturated heterocycles. The lowest BCUT2D eigenvalue weighted by molar-refractivity contribution is -0.132. The van der Waals surface area contributed by atoms with Crippen LogP contribution in [0.3, 0.4) is 0 Å². The second-order valence-corrected chi connectivity index (χ2v) is 8.87. The molecule has 0 atom stereocenters.